The van der Waals surface area contributed by atoms with E-state index in [-0.39, 0.29) is 32.2 Å². The number of benzene rings is 2. The van der Waals surface area contributed by atoms with Gasteiger partial charge in [0.25, 0.3) is 29.1 Å². The molecule has 1 saturated heterocycles. The van der Waals surface area contributed by atoms with Gasteiger partial charge in [-0.25, -0.2) is 5.01 Å². The second kappa shape index (κ2) is 9.82. The Bertz CT molecular complexity index is 1190. The van der Waals surface area contributed by atoms with Crippen molar-refractivity contribution in [3.8, 4) is 0 Å². The first-order valence-corrected chi connectivity index (χ1v) is 12.4. The molecule has 11 nitrogen and oxygen atoms in total. The lowest BCUT2D eigenvalue weighted by molar-refractivity contribution is -0.385. The van der Waals surface area contributed by atoms with Crippen LogP contribution in [0.1, 0.15) is 28.8 Å². The maximum atomic E-state index is 13.5. The molecule has 0 aromatic heterocycles. The van der Waals surface area contributed by atoms with Gasteiger partial charge in [0.05, 0.1) is 33.8 Å². The Morgan fingerprint density at radius 3 is 1.97 bits per heavy atom. The summed E-state index contributed by atoms with van der Waals surface area (Å²) in [5, 5.41) is 24.2. The Balaban J connectivity index is 1.75. The Labute approximate surface area is 215 Å². The number of alkyl halides is 2. The average Bonchev–Trinajstić information content (AvgIpc) is 3.06. The van der Waals surface area contributed by atoms with Crippen molar-refractivity contribution in [2.24, 2.45) is 11.8 Å². The van der Waals surface area contributed by atoms with E-state index in [2.05, 4.69) is 31.9 Å². The molecule has 0 bridgehead atoms. The molecule has 182 valence electrons. The Kier molecular flexibility index (Phi) is 6.99. The quantitative estimate of drug-likeness (QED) is 0.208. The number of nitrogens with zero attached hydrogens (tertiary/aromatic N) is 4. The second-order valence-electron chi connectivity index (χ2n) is 8.26. The van der Waals surface area contributed by atoms with Crippen molar-refractivity contribution >= 4 is 61.0 Å². The van der Waals surface area contributed by atoms with E-state index >= 15 is 0 Å². The number of nitro groups is 2. The highest BCUT2D eigenvalue weighted by molar-refractivity contribution is 9.12. The minimum Gasteiger partial charge on any atom is -0.272 e. The van der Waals surface area contributed by atoms with Gasteiger partial charge in [0.2, 0.25) is 0 Å². The topological polar surface area (TPSA) is 144 Å². The summed E-state index contributed by atoms with van der Waals surface area (Å²) in [6, 6.07) is 10.4. The number of imide groups is 1. The molecule has 35 heavy (non-hydrogen) atoms. The van der Waals surface area contributed by atoms with Crippen LogP contribution in [0.3, 0.4) is 0 Å². The van der Waals surface area contributed by atoms with Crippen LogP contribution in [0.4, 0.5) is 11.4 Å². The summed E-state index contributed by atoms with van der Waals surface area (Å²) < 4.78 is 0. The van der Waals surface area contributed by atoms with Crippen molar-refractivity contribution in [1.29, 1.82) is 0 Å². The van der Waals surface area contributed by atoms with Gasteiger partial charge in [0.1, 0.15) is 0 Å². The molecule has 2 aliphatic rings. The molecular formula is C22H18Br2N4O7. The van der Waals surface area contributed by atoms with Gasteiger partial charge in [-0.15, -0.1) is 0 Å². The van der Waals surface area contributed by atoms with E-state index < -0.39 is 45.9 Å². The third kappa shape index (κ3) is 4.69. The van der Waals surface area contributed by atoms with Crippen molar-refractivity contribution in [2.75, 3.05) is 0 Å². The second-order valence-corrected chi connectivity index (χ2v) is 10.6. The third-order valence-electron chi connectivity index (χ3n) is 6.20. The number of halogens is 2. The molecule has 2 fully saturated rings. The largest absolute Gasteiger partial charge is 0.274 e. The van der Waals surface area contributed by atoms with Crippen molar-refractivity contribution in [1.82, 2.24) is 10.0 Å². The van der Waals surface area contributed by atoms with Gasteiger partial charge in [-0.1, -0.05) is 50.1 Å². The Morgan fingerprint density at radius 2 is 1.46 bits per heavy atom. The minimum atomic E-state index is -0.788. The molecule has 0 spiro atoms. The lowest BCUT2D eigenvalue weighted by Crippen LogP contribution is -2.49. The number of nitro benzene ring substituents is 2. The van der Waals surface area contributed by atoms with Gasteiger partial charge in [-0.2, -0.15) is 5.01 Å². The van der Waals surface area contributed by atoms with Crippen molar-refractivity contribution in [3.63, 3.8) is 0 Å². The maximum absolute atomic E-state index is 13.5. The zero-order chi connectivity index (χ0) is 25.4. The maximum Gasteiger partial charge on any atom is 0.274 e. The SMILES string of the molecule is O=C(c1ccc([N+](=O)[O-])cc1)N(Cc1ccccc1[N+](=O)[O-])N1C(=O)[C@H]2C[C@@H](Br)[C@@H](Br)C[C@H]2C1=O. The Morgan fingerprint density at radius 1 is 0.914 bits per heavy atom. The van der Waals surface area contributed by atoms with Crippen LogP contribution in [-0.4, -0.2) is 47.2 Å². The highest BCUT2D eigenvalue weighted by Crippen LogP contribution is 2.44. The zero-order valence-electron chi connectivity index (χ0n) is 18.0. The number of carbonyl (C=O) groups excluding carboxylic acids is 3. The lowest BCUT2D eigenvalue weighted by Gasteiger charge is -2.30. The van der Waals surface area contributed by atoms with Gasteiger partial charge < -0.3 is 0 Å². The zero-order valence-corrected chi connectivity index (χ0v) is 21.1. The van der Waals surface area contributed by atoms with Crippen LogP contribution in [0.25, 0.3) is 0 Å². The van der Waals surface area contributed by atoms with Crippen molar-refractivity contribution in [3.05, 3.63) is 79.9 Å². The first-order chi connectivity index (χ1) is 16.6. The number of non-ortho nitro benzene ring substituents is 1. The highest BCUT2D eigenvalue weighted by atomic mass is 79.9. The van der Waals surface area contributed by atoms with E-state index in [1.165, 1.54) is 30.3 Å². The van der Waals surface area contributed by atoms with E-state index in [0.29, 0.717) is 12.8 Å². The summed E-state index contributed by atoms with van der Waals surface area (Å²) in [4.78, 5) is 61.5. The van der Waals surface area contributed by atoms with E-state index in [1.807, 2.05) is 0 Å². The molecule has 4 rings (SSSR count). The van der Waals surface area contributed by atoms with Crippen LogP contribution in [0, 0.1) is 32.1 Å². The fourth-order valence-corrected chi connectivity index (χ4v) is 5.64. The first-order valence-electron chi connectivity index (χ1n) is 10.5. The molecule has 13 heteroatoms. The fourth-order valence-electron chi connectivity index (χ4n) is 4.41. The molecular weight excluding hydrogens is 592 g/mol. The summed E-state index contributed by atoms with van der Waals surface area (Å²) in [7, 11) is 0. The molecule has 0 radical (unpaired) electrons. The molecule has 3 amide bonds. The van der Waals surface area contributed by atoms with Crippen LogP contribution in [-0.2, 0) is 16.1 Å². The standard InChI is InChI=1S/C22H18Br2N4O7/c23-17-9-15-16(10-18(17)24)22(31)26(21(15)30)25(11-13-3-1-2-4-19(13)28(34)35)20(29)12-5-7-14(8-6-12)27(32)33/h1-8,15-18H,9-11H2/t15-,16+,17+,18-. The summed E-state index contributed by atoms with van der Waals surface area (Å²) in [6.07, 6.45) is 0.763. The summed E-state index contributed by atoms with van der Waals surface area (Å²) in [6.45, 7) is -0.417. The molecule has 2 aromatic carbocycles. The van der Waals surface area contributed by atoms with Gasteiger partial charge in [0.15, 0.2) is 0 Å². The van der Waals surface area contributed by atoms with Crippen LogP contribution in [0.5, 0.6) is 0 Å². The number of fused-ring (bicyclic) bond motifs is 1. The monoisotopic (exact) mass is 608 g/mol. The number of amides is 3. The fraction of sp³-hybridized carbons (Fsp3) is 0.318. The van der Waals surface area contributed by atoms with Gasteiger partial charge in [0, 0.05) is 33.4 Å². The van der Waals surface area contributed by atoms with E-state index in [9.17, 15) is 34.6 Å². The molecule has 1 aliphatic heterocycles. The lowest BCUT2D eigenvalue weighted by atomic mass is 9.81. The smallest absolute Gasteiger partial charge is 0.272 e. The number of hydrogen-bond acceptors (Lipinski definition) is 7. The summed E-state index contributed by atoms with van der Waals surface area (Å²) in [5.74, 6) is -3.18. The number of para-hydroxylation sites is 1. The highest BCUT2D eigenvalue weighted by Gasteiger charge is 2.54. The van der Waals surface area contributed by atoms with Gasteiger partial charge >= 0.3 is 0 Å². The number of hydrazine groups is 1. The predicted octanol–water partition coefficient (Wildman–Crippen LogP) is 3.98. The van der Waals surface area contributed by atoms with Gasteiger partial charge in [-0.3, -0.25) is 34.6 Å². The van der Waals surface area contributed by atoms with E-state index in [1.54, 1.807) is 6.07 Å². The third-order valence-corrected chi connectivity index (χ3v) is 8.93. The molecule has 0 unspecified atom stereocenters. The first kappa shape index (κ1) is 24.9. The van der Waals surface area contributed by atoms with Gasteiger partial charge in [-0.05, 0) is 25.0 Å². The van der Waals surface area contributed by atoms with Crippen LogP contribution in [0.2, 0.25) is 0 Å². The Hall–Kier alpha value is -3.19. The molecule has 1 saturated carbocycles. The molecule has 4 atom stereocenters. The molecule has 1 heterocycles. The summed E-state index contributed by atoms with van der Waals surface area (Å²) in [5.41, 5.74) is -0.397. The molecule has 2 aromatic rings. The van der Waals surface area contributed by atoms with E-state index in [0.717, 1.165) is 22.2 Å². The van der Waals surface area contributed by atoms with E-state index in [4.69, 9.17) is 0 Å². The average molecular weight is 610 g/mol. The minimum absolute atomic E-state index is 0.0126. The van der Waals surface area contributed by atoms with Crippen molar-refractivity contribution in [2.45, 2.75) is 29.0 Å². The number of hydrogen-bond donors (Lipinski definition) is 0. The van der Waals surface area contributed by atoms with Crippen LogP contribution >= 0.6 is 31.9 Å². The molecule has 1 aliphatic carbocycles. The number of rotatable bonds is 6. The number of carbonyl (C=O) groups is 3. The summed E-state index contributed by atoms with van der Waals surface area (Å²) >= 11 is 7.04. The normalized spacial score (nSPS) is 23.7. The predicted molar refractivity (Wildman–Crippen MR) is 130 cm³/mol. The van der Waals surface area contributed by atoms with Crippen molar-refractivity contribution < 1.29 is 24.2 Å². The van der Waals surface area contributed by atoms with Crippen LogP contribution < -0.4 is 0 Å². The molecule has 0 N–H and O–H groups in total. The van der Waals surface area contributed by atoms with Crippen LogP contribution in [0.15, 0.2) is 48.5 Å².